The molecule has 0 spiro atoms. The average molecular weight is 324 g/mol. The number of ether oxygens (including phenoxy) is 2. The Bertz CT molecular complexity index is 585. The highest BCUT2D eigenvalue weighted by Gasteiger charge is 2.15. The van der Waals surface area contributed by atoms with E-state index in [1.54, 1.807) is 13.8 Å². The Morgan fingerprint density at radius 2 is 1.91 bits per heavy atom. The van der Waals surface area contributed by atoms with E-state index in [-0.39, 0.29) is 29.8 Å². The predicted molar refractivity (Wildman–Crippen MR) is 81.2 cm³/mol. The molecule has 8 nitrogen and oxygen atoms in total. The second kappa shape index (κ2) is 8.62. The fourth-order valence-corrected chi connectivity index (χ4v) is 1.62. The smallest absolute Gasteiger partial charge is 0.342 e. The van der Waals surface area contributed by atoms with Gasteiger partial charge in [-0.2, -0.15) is 0 Å². The Hall–Kier alpha value is -2.77. The van der Waals surface area contributed by atoms with Crippen LogP contribution >= 0.6 is 0 Å². The number of hydrogen-bond donors (Lipinski definition) is 3. The van der Waals surface area contributed by atoms with Crippen LogP contribution in [0.4, 0.5) is 0 Å². The van der Waals surface area contributed by atoms with E-state index in [2.05, 4.69) is 10.6 Å². The monoisotopic (exact) mass is 324 g/mol. The first-order valence-electron chi connectivity index (χ1n) is 6.93. The Morgan fingerprint density at radius 3 is 2.48 bits per heavy atom. The molecule has 2 amide bonds. The fraction of sp³-hybridized carbons (Fsp3) is 0.400. The maximum Gasteiger partial charge on any atom is 0.342 e. The van der Waals surface area contributed by atoms with E-state index in [1.807, 2.05) is 0 Å². The van der Waals surface area contributed by atoms with Gasteiger partial charge in [-0.15, -0.1) is 0 Å². The lowest BCUT2D eigenvalue weighted by atomic mass is 10.2. The molecular formula is C15H20N2O6. The number of phenols is 1. The summed E-state index contributed by atoms with van der Waals surface area (Å²) >= 11 is 0. The zero-order valence-electron chi connectivity index (χ0n) is 13.2. The van der Waals surface area contributed by atoms with E-state index in [1.165, 1.54) is 25.3 Å². The van der Waals surface area contributed by atoms with E-state index in [0.717, 1.165) is 0 Å². The molecule has 1 aromatic rings. The van der Waals surface area contributed by atoms with Crippen LogP contribution in [0.15, 0.2) is 18.2 Å². The van der Waals surface area contributed by atoms with Gasteiger partial charge in [0.05, 0.1) is 13.7 Å². The number of esters is 1. The summed E-state index contributed by atoms with van der Waals surface area (Å²) in [5.41, 5.74) is -0.0869. The number of hydrogen-bond acceptors (Lipinski definition) is 6. The van der Waals surface area contributed by atoms with Crippen LogP contribution in [0.2, 0.25) is 0 Å². The number of carbonyl (C=O) groups is 3. The van der Waals surface area contributed by atoms with E-state index in [4.69, 9.17) is 9.47 Å². The highest BCUT2D eigenvalue weighted by atomic mass is 16.5. The number of nitrogens with one attached hydrogen (secondary N) is 2. The van der Waals surface area contributed by atoms with Crippen molar-refractivity contribution in [3.8, 4) is 11.5 Å². The molecule has 0 heterocycles. The predicted octanol–water partition coefficient (Wildman–Crippen LogP) is 0.198. The largest absolute Gasteiger partial charge is 0.507 e. The molecule has 0 saturated heterocycles. The van der Waals surface area contributed by atoms with E-state index in [9.17, 15) is 19.5 Å². The molecule has 0 fully saturated rings. The molecule has 0 saturated carbocycles. The van der Waals surface area contributed by atoms with Gasteiger partial charge in [0.25, 0.3) is 5.91 Å². The Balaban J connectivity index is 2.44. The first-order chi connectivity index (χ1) is 10.8. The molecule has 0 aromatic heterocycles. The summed E-state index contributed by atoms with van der Waals surface area (Å²) in [5.74, 6) is -1.75. The molecule has 3 N–H and O–H groups in total. The van der Waals surface area contributed by atoms with Crippen LogP contribution in [-0.4, -0.2) is 49.2 Å². The van der Waals surface area contributed by atoms with Crippen molar-refractivity contribution in [3.05, 3.63) is 23.8 Å². The lowest BCUT2D eigenvalue weighted by Gasteiger charge is -2.10. The van der Waals surface area contributed by atoms with Gasteiger partial charge in [0.1, 0.15) is 17.1 Å². The van der Waals surface area contributed by atoms with Gasteiger partial charge >= 0.3 is 5.97 Å². The molecule has 0 aliphatic rings. The Morgan fingerprint density at radius 1 is 1.22 bits per heavy atom. The summed E-state index contributed by atoms with van der Waals surface area (Å²) in [6.07, 6.45) is 0. The molecule has 0 aliphatic heterocycles. The standard InChI is InChI=1S/C15H20N2O6/c1-9(2)17-13(19)7-16-14(20)8-23-15(21)11-5-4-10(22-3)6-12(11)18/h4-6,9,18H,7-8H2,1-3H3,(H,16,20)(H,17,19). The molecular weight excluding hydrogens is 304 g/mol. The van der Waals surface area contributed by atoms with Crippen molar-refractivity contribution >= 4 is 17.8 Å². The van der Waals surface area contributed by atoms with Gasteiger partial charge in [0.15, 0.2) is 6.61 Å². The molecule has 0 atom stereocenters. The van der Waals surface area contributed by atoms with Crippen LogP contribution < -0.4 is 15.4 Å². The highest BCUT2D eigenvalue weighted by molar-refractivity contribution is 5.94. The van der Waals surface area contributed by atoms with Crippen molar-refractivity contribution in [1.29, 1.82) is 0 Å². The van der Waals surface area contributed by atoms with Crippen LogP contribution in [-0.2, 0) is 14.3 Å². The molecule has 0 radical (unpaired) electrons. The van der Waals surface area contributed by atoms with Crippen molar-refractivity contribution in [1.82, 2.24) is 10.6 Å². The number of carbonyl (C=O) groups excluding carboxylic acids is 3. The average Bonchev–Trinajstić information content (AvgIpc) is 2.49. The Labute approximate surface area is 133 Å². The van der Waals surface area contributed by atoms with Gasteiger partial charge in [-0.25, -0.2) is 4.79 Å². The molecule has 1 aromatic carbocycles. The quantitative estimate of drug-likeness (QED) is 0.617. The third-order valence-electron chi connectivity index (χ3n) is 2.65. The minimum atomic E-state index is -0.855. The third kappa shape index (κ3) is 6.25. The van der Waals surface area contributed by atoms with Crippen molar-refractivity contribution in [2.75, 3.05) is 20.3 Å². The van der Waals surface area contributed by atoms with Crippen LogP contribution in [0.1, 0.15) is 24.2 Å². The van der Waals surface area contributed by atoms with Gasteiger partial charge in [-0.3, -0.25) is 9.59 Å². The van der Waals surface area contributed by atoms with Crippen molar-refractivity contribution in [2.24, 2.45) is 0 Å². The third-order valence-corrected chi connectivity index (χ3v) is 2.65. The second-order valence-corrected chi connectivity index (χ2v) is 4.96. The molecule has 0 aliphatic carbocycles. The summed E-state index contributed by atoms with van der Waals surface area (Å²) in [4.78, 5) is 34.6. The van der Waals surface area contributed by atoms with E-state index < -0.39 is 18.5 Å². The van der Waals surface area contributed by atoms with Gasteiger partial charge in [0, 0.05) is 12.1 Å². The number of methoxy groups -OCH3 is 1. The van der Waals surface area contributed by atoms with Crippen molar-refractivity contribution in [3.63, 3.8) is 0 Å². The number of aromatic hydroxyl groups is 1. The molecule has 0 bridgehead atoms. The number of benzene rings is 1. The van der Waals surface area contributed by atoms with E-state index in [0.29, 0.717) is 5.75 Å². The first kappa shape index (κ1) is 18.3. The number of phenolic OH excluding ortho intramolecular Hbond substituents is 1. The van der Waals surface area contributed by atoms with Gasteiger partial charge in [-0.05, 0) is 26.0 Å². The molecule has 23 heavy (non-hydrogen) atoms. The number of rotatable bonds is 7. The Kier molecular flexibility index (Phi) is 6.85. The molecule has 1 rings (SSSR count). The minimum Gasteiger partial charge on any atom is -0.507 e. The highest BCUT2D eigenvalue weighted by Crippen LogP contribution is 2.23. The lowest BCUT2D eigenvalue weighted by Crippen LogP contribution is -2.41. The van der Waals surface area contributed by atoms with Gasteiger partial charge in [0.2, 0.25) is 5.91 Å². The van der Waals surface area contributed by atoms with Crippen LogP contribution in [0, 0.1) is 0 Å². The van der Waals surface area contributed by atoms with Crippen molar-refractivity contribution < 1.29 is 29.0 Å². The molecule has 126 valence electrons. The fourth-order valence-electron chi connectivity index (χ4n) is 1.62. The maximum absolute atomic E-state index is 11.8. The topological polar surface area (TPSA) is 114 Å². The summed E-state index contributed by atoms with van der Waals surface area (Å²) in [6.45, 7) is 2.83. The van der Waals surface area contributed by atoms with Crippen molar-refractivity contribution in [2.45, 2.75) is 19.9 Å². The summed E-state index contributed by atoms with van der Waals surface area (Å²) < 4.78 is 9.67. The van der Waals surface area contributed by atoms with Gasteiger partial charge < -0.3 is 25.2 Å². The normalized spacial score (nSPS) is 10.1. The van der Waals surface area contributed by atoms with Crippen LogP contribution in [0.25, 0.3) is 0 Å². The van der Waals surface area contributed by atoms with Crippen LogP contribution in [0.3, 0.4) is 0 Å². The van der Waals surface area contributed by atoms with E-state index >= 15 is 0 Å². The minimum absolute atomic E-state index is 0.0322. The summed E-state index contributed by atoms with van der Waals surface area (Å²) in [5, 5.41) is 14.6. The number of amides is 2. The summed E-state index contributed by atoms with van der Waals surface area (Å²) in [6, 6.07) is 4.03. The SMILES string of the molecule is COc1ccc(C(=O)OCC(=O)NCC(=O)NC(C)C)c(O)c1. The summed E-state index contributed by atoms with van der Waals surface area (Å²) in [7, 11) is 1.42. The zero-order chi connectivity index (χ0) is 17.4. The zero-order valence-corrected chi connectivity index (χ0v) is 13.2. The lowest BCUT2D eigenvalue weighted by molar-refractivity contribution is -0.128. The second-order valence-electron chi connectivity index (χ2n) is 4.96. The maximum atomic E-state index is 11.8. The molecule has 0 unspecified atom stereocenters. The molecule has 8 heteroatoms. The first-order valence-corrected chi connectivity index (χ1v) is 6.93. The van der Waals surface area contributed by atoms with Gasteiger partial charge in [-0.1, -0.05) is 0 Å². The van der Waals surface area contributed by atoms with Crippen LogP contribution in [0.5, 0.6) is 11.5 Å².